The molecule has 1 saturated heterocycles. The number of piperidine rings is 1. The Bertz CT molecular complexity index is 691. The molecule has 1 aromatic heterocycles. The van der Waals surface area contributed by atoms with E-state index in [1.807, 2.05) is 24.1 Å². The maximum absolute atomic E-state index is 13.0. The van der Waals surface area contributed by atoms with E-state index in [0.717, 1.165) is 42.3 Å². The number of hydrogen-bond donors (Lipinski definition) is 1. The third kappa shape index (κ3) is 3.93. The van der Waals surface area contributed by atoms with Crippen LogP contribution in [-0.2, 0) is 4.79 Å². The number of hydrogen-bond acceptors (Lipinski definition) is 4. The molecule has 1 aliphatic heterocycles. The van der Waals surface area contributed by atoms with Crippen LogP contribution in [0.25, 0.3) is 11.3 Å². The highest BCUT2D eigenvalue weighted by molar-refractivity contribution is 7.14. The Morgan fingerprint density at radius 3 is 2.58 bits per heavy atom. The van der Waals surface area contributed by atoms with Crippen LogP contribution in [-0.4, -0.2) is 34.9 Å². The topological polar surface area (TPSA) is 45.2 Å². The molecule has 0 radical (unpaired) electrons. The molecule has 2 heterocycles. The molecule has 0 spiro atoms. The normalized spacial score (nSPS) is 15.8. The van der Waals surface area contributed by atoms with Gasteiger partial charge in [-0.25, -0.2) is 9.37 Å². The molecule has 6 heteroatoms. The number of amides is 1. The molecular formula is C18H22FN3OS. The van der Waals surface area contributed by atoms with E-state index in [0.29, 0.717) is 6.04 Å². The molecule has 0 saturated carbocycles. The molecule has 0 bridgehead atoms. The fourth-order valence-electron chi connectivity index (χ4n) is 2.88. The molecule has 0 unspecified atom stereocenters. The zero-order chi connectivity index (χ0) is 17.1. The number of carbonyl (C=O) groups excluding carboxylic acids is 1. The van der Waals surface area contributed by atoms with Crippen molar-refractivity contribution in [1.82, 2.24) is 9.88 Å². The van der Waals surface area contributed by atoms with Crippen molar-refractivity contribution < 1.29 is 9.18 Å². The Labute approximate surface area is 145 Å². The molecule has 24 heavy (non-hydrogen) atoms. The van der Waals surface area contributed by atoms with E-state index in [1.54, 1.807) is 23.5 Å². The molecule has 1 fully saturated rings. The summed E-state index contributed by atoms with van der Waals surface area (Å²) in [4.78, 5) is 18.6. The third-order valence-corrected chi connectivity index (χ3v) is 5.05. The molecule has 0 atom stereocenters. The average molecular weight is 347 g/mol. The van der Waals surface area contributed by atoms with Gasteiger partial charge in [-0.05, 0) is 37.1 Å². The molecular weight excluding hydrogens is 325 g/mol. The lowest BCUT2D eigenvalue weighted by Crippen LogP contribution is -2.43. The van der Waals surface area contributed by atoms with Crippen molar-refractivity contribution in [1.29, 1.82) is 0 Å². The summed E-state index contributed by atoms with van der Waals surface area (Å²) in [6, 6.07) is 6.72. The minimum atomic E-state index is -0.241. The lowest BCUT2D eigenvalue weighted by Gasteiger charge is -2.33. The van der Waals surface area contributed by atoms with Gasteiger partial charge < -0.3 is 10.2 Å². The molecule has 3 rings (SSSR count). The number of likely N-dealkylation sites (tertiary alicyclic amines) is 1. The summed E-state index contributed by atoms with van der Waals surface area (Å²) in [5.74, 6) is 0.0584. The van der Waals surface area contributed by atoms with Gasteiger partial charge in [0.05, 0.1) is 5.69 Å². The second kappa shape index (κ2) is 7.30. The SMILES string of the molecule is CC(C)C(=O)N1CCC(Nc2nc(-c3ccc(F)cc3)cs2)CC1. The Hall–Kier alpha value is -1.95. The van der Waals surface area contributed by atoms with Gasteiger partial charge in [0.2, 0.25) is 5.91 Å². The molecule has 128 valence electrons. The summed E-state index contributed by atoms with van der Waals surface area (Å²) in [7, 11) is 0. The monoisotopic (exact) mass is 347 g/mol. The number of anilines is 1. The highest BCUT2D eigenvalue weighted by Gasteiger charge is 2.24. The van der Waals surface area contributed by atoms with Gasteiger partial charge in [-0.15, -0.1) is 11.3 Å². The first-order valence-corrected chi connectivity index (χ1v) is 9.17. The quantitative estimate of drug-likeness (QED) is 0.909. The van der Waals surface area contributed by atoms with Gasteiger partial charge in [0.25, 0.3) is 0 Å². The lowest BCUT2D eigenvalue weighted by molar-refractivity contribution is -0.135. The summed E-state index contributed by atoms with van der Waals surface area (Å²) < 4.78 is 13.0. The summed E-state index contributed by atoms with van der Waals surface area (Å²) >= 11 is 1.56. The zero-order valence-electron chi connectivity index (χ0n) is 14.0. The second-order valence-electron chi connectivity index (χ2n) is 6.44. The Balaban J connectivity index is 1.56. The summed E-state index contributed by atoms with van der Waals surface area (Å²) in [5, 5.41) is 6.32. The van der Waals surface area contributed by atoms with E-state index in [-0.39, 0.29) is 17.6 Å². The predicted octanol–water partition coefficient (Wildman–Crippen LogP) is 4.01. The number of thiazole rings is 1. The van der Waals surface area contributed by atoms with Crippen LogP contribution in [0.1, 0.15) is 26.7 Å². The number of aromatic nitrogens is 1. The van der Waals surface area contributed by atoms with Gasteiger partial charge in [0.1, 0.15) is 5.82 Å². The van der Waals surface area contributed by atoms with Gasteiger partial charge in [0.15, 0.2) is 5.13 Å². The van der Waals surface area contributed by atoms with E-state index in [4.69, 9.17) is 0 Å². The van der Waals surface area contributed by atoms with E-state index in [2.05, 4.69) is 10.3 Å². The first-order valence-electron chi connectivity index (χ1n) is 8.29. The van der Waals surface area contributed by atoms with E-state index in [1.165, 1.54) is 12.1 Å². The van der Waals surface area contributed by atoms with Crippen molar-refractivity contribution in [2.75, 3.05) is 18.4 Å². The minimum Gasteiger partial charge on any atom is -0.359 e. The van der Waals surface area contributed by atoms with Gasteiger partial charge in [0, 0.05) is 36.0 Å². The van der Waals surface area contributed by atoms with E-state index >= 15 is 0 Å². The van der Waals surface area contributed by atoms with Crippen molar-refractivity contribution >= 4 is 22.4 Å². The maximum Gasteiger partial charge on any atom is 0.225 e. The standard InChI is InChI=1S/C18H22FN3OS/c1-12(2)17(23)22-9-7-15(8-10-22)20-18-21-16(11-24-18)13-3-5-14(19)6-4-13/h3-6,11-12,15H,7-10H2,1-2H3,(H,20,21). The Morgan fingerprint density at radius 1 is 1.29 bits per heavy atom. The molecule has 1 aliphatic rings. The van der Waals surface area contributed by atoms with Gasteiger partial charge in [-0.2, -0.15) is 0 Å². The predicted molar refractivity (Wildman–Crippen MR) is 95.6 cm³/mol. The van der Waals surface area contributed by atoms with Gasteiger partial charge >= 0.3 is 0 Å². The summed E-state index contributed by atoms with van der Waals surface area (Å²) in [6.07, 6.45) is 1.87. The van der Waals surface area contributed by atoms with E-state index < -0.39 is 0 Å². The summed E-state index contributed by atoms with van der Waals surface area (Å²) in [6.45, 7) is 5.48. The molecule has 1 amide bonds. The highest BCUT2D eigenvalue weighted by atomic mass is 32.1. The molecule has 2 aromatic rings. The average Bonchev–Trinajstić information content (AvgIpc) is 3.04. The van der Waals surface area contributed by atoms with Crippen LogP contribution in [0.15, 0.2) is 29.6 Å². The van der Waals surface area contributed by atoms with Crippen molar-refractivity contribution in [2.45, 2.75) is 32.7 Å². The number of benzene rings is 1. The lowest BCUT2D eigenvalue weighted by atomic mass is 10.0. The minimum absolute atomic E-state index is 0.0618. The molecule has 1 aromatic carbocycles. The number of rotatable bonds is 4. The summed E-state index contributed by atoms with van der Waals surface area (Å²) in [5.41, 5.74) is 1.77. The first kappa shape index (κ1) is 16.9. The van der Waals surface area contributed by atoms with Crippen LogP contribution >= 0.6 is 11.3 Å². The third-order valence-electron chi connectivity index (χ3n) is 4.27. The van der Waals surface area contributed by atoms with Crippen LogP contribution in [0.2, 0.25) is 0 Å². The van der Waals surface area contributed by atoms with Crippen molar-refractivity contribution in [3.63, 3.8) is 0 Å². The Morgan fingerprint density at radius 2 is 1.96 bits per heavy atom. The second-order valence-corrected chi connectivity index (χ2v) is 7.30. The first-order chi connectivity index (χ1) is 11.5. The maximum atomic E-state index is 13.0. The number of carbonyl (C=O) groups is 1. The Kier molecular flexibility index (Phi) is 5.14. The molecule has 1 N–H and O–H groups in total. The number of halogens is 1. The molecule has 0 aliphatic carbocycles. The van der Waals surface area contributed by atoms with Crippen LogP contribution in [0.5, 0.6) is 0 Å². The molecule has 4 nitrogen and oxygen atoms in total. The van der Waals surface area contributed by atoms with Gasteiger partial charge in [-0.1, -0.05) is 13.8 Å². The smallest absolute Gasteiger partial charge is 0.225 e. The van der Waals surface area contributed by atoms with Crippen LogP contribution in [0, 0.1) is 11.7 Å². The van der Waals surface area contributed by atoms with Crippen LogP contribution in [0.3, 0.4) is 0 Å². The highest BCUT2D eigenvalue weighted by Crippen LogP contribution is 2.27. The van der Waals surface area contributed by atoms with Crippen molar-refractivity contribution in [2.24, 2.45) is 5.92 Å². The fraction of sp³-hybridized carbons (Fsp3) is 0.444. The van der Waals surface area contributed by atoms with E-state index in [9.17, 15) is 9.18 Å². The van der Waals surface area contributed by atoms with Crippen LogP contribution < -0.4 is 5.32 Å². The number of nitrogens with one attached hydrogen (secondary N) is 1. The van der Waals surface area contributed by atoms with Crippen molar-refractivity contribution in [3.8, 4) is 11.3 Å². The van der Waals surface area contributed by atoms with Gasteiger partial charge in [-0.3, -0.25) is 4.79 Å². The van der Waals surface area contributed by atoms with Crippen molar-refractivity contribution in [3.05, 3.63) is 35.5 Å². The fourth-order valence-corrected chi connectivity index (χ4v) is 3.68. The largest absolute Gasteiger partial charge is 0.359 e. The number of nitrogens with zero attached hydrogens (tertiary/aromatic N) is 2. The zero-order valence-corrected chi connectivity index (χ0v) is 14.8. The van der Waals surface area contributed by atoms with Crippen LogP contribution in [0.4, 0.5) is 9.52 Å².